The highest BCUT2D eigenvalue weighted by atomic mass is 16.5. The van der Waals surface area contributed by atoms with Gasteiger partial charge in [0.2, 0.25) is 0 Å². The minimum Gasteiger partial charge on any atom is -0.377 e. The number of hydrogen-bond acceptors (Lipinski definition) is 4. The highest BCUT2D eigenvalue weighted by Gasteiger charge is 2.38. The maximum atomic E-state index is 12.9. The fraction of sp³-hybridized carbons (Fsp3) is 0.238. The summed E-state index contributed by atoms with van der Waals surface area (Å²) in [5.41, 5.74) is 2.18. The van der Waals surface area contributed by atoms with Gasteiger partial charge in [0.25, 0.3) is 11.8 Å². The van der Waals surface area contributed by atoms with Gasteiger partial charge in [0.1, 0.15) is 5.70 Å². The molecule has 1 N–H and O–H groups in total. The van der Waals surface area contributed by atoms with Gasteiger partial charge in [0, 0.05) is 5.69 Å². The molecular weight excluding hydrogens is 328 g/mol. The Bertz CT molecular complexity index is 814. The average Bonchev–Trinajstić information content (AvgIpc) is 2.87. The molecular formula is C21H22N2O3. The molecule has 0 saturated carbocycles. The van der Waals surface area contributed by atoms with Crippen LogP contribution in [0.1, 0.15) is 19.4 Å². The first-order valence-corrected chi connectivity index (χ1v) is 8.67. The minimum atomic E-state index is -0.329. The largest absolute Gasteiger partial charge is 0.377 e. The van der Waals surface area contributed by atoms with Crippen LogP contribution in [0.5, 0.6) is 0 Å². The standard InChI is InChI=1S/C21H22N2O3/c1-15(2)26-14-13-23-20(24)18(16-9-5-3-6-10-16)19(21(23)25)22-17-11-7-4-8-12-17/h3-12,15,22H,13-14H2,1-2H3. The van der Waals surface area contributed by atoms with Gasteiger partial charge in [0.05, 0.1) is 24.8 Å². The van der Waals surface area contributed by atoms with Crippen LogP contribution in [0.25, 0.3) is 5.57 Å². The summed E-state index contributed by atoms with van der Waals surface area (Å²) in [4.78, 5) is 27.1. The molecule has 5 heteroatoms. The van der Waals surface area contributed by atoms with Crippen molar-refractivity contribution in [3.05, 3.63) is 71.9 Å². The molecule has 2 aromatic rings. The van der Waals surface area contributed by atoms with E-state index in [0.717, 1.165) is 11.3 Å². The number of carbonyl (C=O) groups is 2. The normalized spacial score (nSPS) is 14.5. The highest BCUT2D eigenvalue weighted by molar-refractivity contribution is 6.36. The molecule has 0 atom stereocenters. The van der Waals surface area contributed by atoms with Crippen molar-refractivity contribution in [3.8, 4) is 0 Å². The first-order valence-electron chi connectivity index (χ1n) is 8.67. The van der Waals surface area contributed by atoms with Gasteiger partial charge in [-0.25, -0.2) is 0 Å². The van der Waals surface area contributed by atoms with Crippen LogP contribution in [0.15, 0.2) is 66.4 Å². The van der Waals surface area contributed by atoms with Crippen LogP contribution >= 0.6 is 0 Å². The Morgan fingerprint density at radius 1 is 0.923 bits per heavy atom. The highest BCUT2D eigenvalue weighted by Crippen LogP contribution is 2.30. The quantitative estimate of drug-likeness (QED) is 0.779. The summed E-state index contributed by atoms with van der Waals surface area (Å²) in [6.07, 6.45) is 0.0475. The van der Waals surface area contributed by atoms with E-state index in [9.17, 15) is 9.59 Å². The van der Waals surface area contributed by atoms with Crippen molar-refractivity contribution in [1.82, 2.24) is 4.90 Å². The Hall–Kier alpha value is -2.92. The first kappa shape index (κ1) is 17.9. The summed E-state index contributed by atoms with van der Waals surface area (Å²) in [7, 11) is 0. The zero-order chi connectivity index (χ0) is 18.5. The van der Waals surface area contributed by atoms with E-state index in [4.69, 9.17) is 4.74 Å². The fourth-order valence-corrected chi connectivity index (χ4v) is 2.81. The van der Waals surface area contributed by atoms with Crippen molar-refractivity contribution in [2.24, 2.45) is 0 Å². The van der Waals surface area contributed by atoms with E-state index in [0.29, 0.717) is 17.9 Å². The molecule has 0 unspecified atom stereocenters. The van der Waals surface area contributed by atoms with Gasteiger partial charge < -0.3 is 10.1 Å². The van der Waals surface area contributed by atoms with Crippen LogP contribution < -0.4 is 5.32 Å². The number of para-hydroxylation sites is 1. The van der Waals surface area contributed by atoms with E-state index in [1.54, 1.807) is 0 Å². The van der Waals surface area contributed by atoms with E-state index in [1.807, 2.05) is 74.5 Å². The molecule has 0 aliphatic carbocycles. The zero-order valence-electron chi connectivity index (χ0n) is 14.9. The Balaban J connectivity index is 1.92. The smallest absolute Gasteiger partial charge is 0.278 e. The lowest BCUT2D eigenvalue weighted by Gasteiger charge is -2.16. The predicted molar refractivity (Wildman–Crippen MR) is 101 cm³/mol. The van der Waals surface area contributed by atoms with Gasteiger partial charge in [-0.05, 0) is 31.5 Å². The predicted octanol–water partition coefficient (Wildman–Crippen LogP) is 3.30. The molecule has 0 saturated heterocycles. The molecule has 2 amide bonds. The number of amides is 2. The second kappa shape index (κ2) is 7.97. The lowest BCUT2D eigenvalue weighted by Crippen LogP contribution is -2.35. The number of carbonyl (C=O) groups excluding carboxylic acids is 2. The Labute approximate surface area is 153 Å². The van der Waals surface area contributed by atoms with Crippen molar-refractivity contribution in [3.63, 3.8) is 0 Å². The minimum absolute atomic E-state index is 0.0475. The molecule has 2 aromatic carbocycles. The molecule has 0 fully saturated rings. The van der Waals surface area contributed by atoms with E-state index in [1.165, 1.54) is 4.90 Å². The second-order valence-electron chi connectivity index (χ2n) is 6.29. The summed E-state index contributed by atoms with van der Waals surface area (Å²) in [6, 6.07) is 18.6. The van der Waals surface area contributed by atoms with Crippen LogP contribution in [0, 0.1) is 0 Å². The maximum Gasteiger partial charge on any atom is 0.278 e. The van der Waals surface area contributed by atoms with Crippen LogP contribution in [-0.4, -0.2) is 36.0 Å². The Morgan fingerprint density at radius 2 is 1.54 bits per heavy atom. The lowest BCUT2D eigenvalue weighted by molar-refractivity contribution is -0.137. The van der Waals surface area contributed by atoms with Crippen molar-refractivity contribution in [2.45, 2.75) is 20.0 Å². The van der Waals surface area contributed by atoms with E-state index in [-0.39, 0.29) is 24.5 Å². The third-order valence-corrected chi connectivity index (χ3v) is 4.04. The summed E-state index contributed by atoms with van der Waals surface area (Å²) in [6.45, 7) is 4.38. The molecule has 0 bridgehead atoms. The SMILES string of the molecule is CC(C)OCCN1C(=O)C(Nc2ccccc2)=C(c2ccccc2)C1=O. The van der Waals surface area contributed by atoms with Crippen LogP contribution in [0.3, 0.4) is 0 Å². The number of anilines is 1. The summed E-state index contributed by atoms with van der Waals surface area (Å²) < 4.78 is 5.51. The molecule has 5 nitrogen and oxygen atoms in total. The van der Waals surface area contributed by atoms with Gasteiger partial charge in [-0.15, -0.1) is 0 Å². The van der Waals surface area contributed by atoms with Crippen molar-refractivity contribution >= 4 is 23.1 Å². The molecule has 0 spiro atoms. The molecule has 1 aliphatic heterocycles. The molecule has 134 valence electrons. The number of imide groups is 1. The zero-order valence-corrected chi connectivity index (χ0v) is 14.9. The van der Waals surface area contributed by atoms with Crippen LogP contribution in [-0.2, 0) is 14.3 Å². The van der Waals surface area contributed by atoms with Gasteiger partial charge in [0.15, 0.2) is 0 Å². The number of nitrogens with zero attached hydrogens (tertiary/aromatic N) is 1. The number of rotatable bonds is 7. The van der Waals surface area contributed by atoms with Crippen molar-refractivity contribution in [1.29, 1.82) is 0 Å². The lowest BCUT2D eigenvalue weighted by atomic mass is 10.0. The second-order valence-corrected chi connectivity index (χ2v) is 6.29. The van der Waals surface area contributed by atoms with Crippen molar-refractivity contribution < 1.29 is 14.3 Å². The Morgan fingerprint density at radius 3 is 2.15 bits per heavy atom. The van der Waals surface area contributed by atoms with E-state index < -0.39 is 0 Å². The third kappa shape index (κ3) is 3.83. The topological polar surface area (TPSA) is 58.6 Å². The van der Waals surface area contributed by atoms with E-state index in [2.05, 4.69) is 5.32 Å². The number of hydrogen-bond donors (Lipinski definition) is 1. The molecule has 26 heavy (non-hydrogen) atoms. The van der Waals surface area contributed by atoms with Crippen molar-refractivity contribution in [2.75, 3.05) is 18.5 Å². The molecule has 1 heterocycles. The summed E-state index contributed by atoms with van der Waals surface area (Å²) in [5.74, 6) is -0.628. The van der Waals surface area contributed by atoms with Gasteiger partial charge in [-0.2, -0.15) is 0 Å². The molecule has 0 aromatic heterocycles. The van der Waals surface area contributed by atoms with E-state index >= 15 is 0 Å². The molecule has 0 radical (unpaired) electrons. The average molecular weight is 350 g/mol. The third-order valence-electron chi connectivity index (χ3n) is 4.04. The number of benzene rings is 2. The monoisotopic (exact) mass is 350 g/mol. The van der Waals surface area contributed by atoms with Gasteiger partial charge >= 0.3 is 0 Å². The van der Waals surface area contributed by atoms with Gasteiger partial charge in [-0.1, -0.05) is 48.5 Å². The molecule has 1 aliphatic rings. The summed E-state index contributed by atoms with van der Waals surface area (Å²) >= 11 is 0. The Kier molecular flexibility index (Phi) is 5.49. The summed E-state index contributed by atoms with van der Waals surface area (Å²) in [5, 5.41) is 3.13. The molecule has 3 rings (SSSR count). The first-order chi connectivity index (χ1) is 12.6. The van der Waals surface area contributed by atoms with Crippen LogP contribution in [0.2, 0.25) is 0 Å². The number of nitrogens with one attached hydrogen (secondary N) is 1. The van der Waals surface area contributed by atoms with Crippen LogP contribution in [0.4, 0.5) is 5.69 Å². The number of ether oxygens (including phenoxy) is 1. The fourth-order valence-electron chi connectivity index (χ4n) is 2.81. The maximum absolute atomic E-state index is 12.9. The van der Waals surface area contributed by atoms with Gasteiger partial charge in [-0.3, -0.25) is 14.5 Å².